The molecule has 2 heterocycles. The Kier molecular flexibility index (Phi) is 2.53. The summed E-state index contributed by atoms with van der Waals surface area (Å²) in [4.78, 5) is 8.41. The number of rotatable bonds is 2. The van der Waals surface area contributed by atoms with E-state index in [-0.39, 0.29) is 0 Å². The number of aromatic nitrogens is 3. The maximum atomic E-state index is 5.83. The van der Waals surface area contributed by atoms with Crippen molar-refractivity contribution in [2.75, 3.05) is 0 Å². The Bertz CT molecular complexity index is 646. The maximum absolute atomic E-state index is 5.83. The van der Waals surface area contributed by atoms with Crippen molar-refractivity contribution < 1.29 is 0 Å². The molecule has 0 spiro atoms. The lowest BCUT2D eigenvalue weighted by molar-refractivity contribution is 0.824. The van der Waals surface area contributed by atoms with Crippen LogP contribution in [0.4, 0.5) is 0 Å². The molecule has 4 heteroatoms. The summed E-state index contributed by atoms with van der Waals surface area (Å²) in [6, 6.07) is 14.0. The summed E-state index contributed by atoms with van der Waals surface area (Å²) in [6.45, 7) is 0.792. The van der Waals surface area contributed by atoms with Crippen molar-refractivity contribution in [1.82, 2.24) is 14.5 Å². The minimum atomic E-state index is 0.475. The highest BCUT2D eigenvalue weighted by Gasteiger charge is 2.04. The van der Waals surface area contributed by atoms with Crippen molar-refractivity contribution in [2.45, 2.75) is 6.54 Å². The third-order valence-electron chi connectivity index (χ3n) is 2.65. The Hall–Kier alpha value is -1.87. The fourth-order valence-electron chi connectivity index (χ4n) is 1.83. The Balaban J connectivity index is 2.01. The fraction of sp³-hybridized carbons (Fsp3) is 0.0769. The van der Waals surface area contributed by atoms with Crippen LogP contribution in [0.25, 0.3) is 11.2 Å². The number of halogens is 1. The molecule has 0 saturated heterocycles. The molecule has 0 unspecified atom stereocenters. The van der Waals surface area contributed by atoms with Gasteiger partial charge in [-0.05, 0) is 17.7 Å². The average Bonchev–Trinajstić information content (AvgIpc) is 2.73. The van der Waals surface area contributed by atoms with Crippen molar-refractivity contribution in [3.05, 3.63) is 59.5 Å². The second kappa shape index (κ2) is 4.18. The minimum Gasteiger partial charge on any atom is -0.325 e. The van der Waals surface area contributed by atoms with Crippen LogP contribution in [0.15, 0.2) is 48.8 Å². The van der Waals surface area contributed by atoms with Gasteiger partial charge in [0, 0.05) is 6.54 Å². The molecule has 84 valence electrons. The van der Waals surface area contributed by atoms with Crippen LogP contribution in [0.2, 0.25) is 5.15 Å². The number of nitrogens with zero attached hydrogens (tertiary/aromatic N) is 3. The highest BCUT2D eigenvalue weighted by molar-refractivity contribution is 6.29. The monoisotopic (exact) mass is 243 g/mol. The van der Waals surface area contributed by atoms with Crippen LogP contribution in [-0.2, 0) is 6.54 Å². The van der Waals surface area contributed by atoms with Crippen LogP contribution in [0, 0.1) is 0 Å². The van der Waals surface area contributed by atoms with E-state index in [4.69, 9.17) is 11.6 Å². The molecule has 3 nitrogen and oxygen atoms in total. The summed E-state index contributed by atoms with van der Waals surface area (Å²) in [5.41, 5.74) is 2.92. The zero-order valence-corrected chi connectivity index (χ0v) is 9.80. The third-order valence-corrected chi connectivity index (χ3v) is 2.86. The van der Waals surface area contributed by atoms with Gasteiger partial charge in [0.05, 0.1) is 11.8 Å². The molecule has 0 aliphatic rings. The predicted octanol–water partition coefficient (Wildman–Crippen LogP) is 3.13. The van der Waals surface area contributed by atoms with Crippen LogP contribution < -0.4 is 0 Å². The fourth-order valence-corrected chi connectivity index (χ4v) is 1.97. The second-order valence-corrected chi connectivity index (χ2v) is 4.22. The average molecular weight is 244 g/mol. The predicted molar refractivity (Wildman–Crippen MR) is 68.1 cm³/mol. The van der Waals surface area contributed by atoms with Gasteiger partial charge in [0.25, 0.3) is 0 Å². The van der Waals surface area contributed by atoms with Crippen molar-refractivity contribution >= 4 is 22.8 Å². The Morgan fingerprint density at radius 2 is 1.88 bits per heavy atom. The number of hydrogen-bond acceptors (Lipinski definition) is 2. The number of pyridine rings is 1. The summed E-state index contributed by atoms with van der Waals surface area (Å²) in [6.07, 6.45) is 1.79. The SMILES string of the molecule is Clc1ccc2c(ncn2Cc2ccccc2)n1. The van der Waals surface area contributed by atoms with Gasteiger partial charge in [-0.1, -0.05) is 41.9 Å². The van der Waals surface area contributed by atoms with E-state index < -0.39 is 0 Å². The van der Waals surface area contributed by atoms with Crippen molar-refractivity contribution in [2.24, 2.45) is 0 Å². The lowest BCUT2D eigenvalue weighted by atomic mass is 10.2. The lowest BCUT2D eigenvalue weighted by Gasteiger charge is -2.03. The number of imidazole rings is 1. The van der Waals surface area contributed by atoms with Crippen LogP contribution in [0.5, 0.6) is 0 Å². The summed E-state index contributed by atoms with van der Waals surface area (Å²) < 4.78 is 2.06. The molecule has 0 bridgehead atoms. The summed E-state index contributed by atoms with van der Waals surface area (Å²) in [5.74, 6) is 0. The van der Waals surface area contributed by atoms with Gasteiger partial charge in [-0.25, -0.2) is 9.97 Å². The highest BCUT2D eigenvalue weighted by atomic mass is 35.5. The van der Waals surface area contributed by atoms with Crippen molar-refractivity contribution in [3.63, 3.8) is 0 Å². The van der Waals surface area contributed by atoms with Gasteiger partial charge in [-0.3, -0.25) is 0 Å². The van der Waals surface area contributed by atoms with Crippen LogP contribution in [0.1, 0.15) is 5.56 Å². The summed E-state index contributed by atoms with van der Waals surface area (Å²) in [5, 5.41) is 0.475. The molecule has 0 amide bonds. The van der Waals surface area contributed by atoms with Gasteiger partial charge in [0.1, 0.15) is 5.15 Å². The Morgan fingerprint density at radius 1 is 1.06 bits per heavy atom. The molecule has 1 aromatic carbocycles. The zero-order valence-electron chi connectivity index (χ0n) is 9.05. The number of hydrogen-bond donors (Lipinski definition) is 0. The zero-order chi connectivity index (χ0) is 11.7. The number of benzene rings is 1. The van der Waals surface area contributed by atoms with Crippen LogP contribution in [-0.4, -0.2) is 14.5 Å². The van der Waals surface area contributed by atoms with Gasteiger partial charge in [-0.15, -0.1) is 0 Å². The first-order chi connectivity index (χ1) is 8.33. The summed E-state index contributed by atoms with van der Waals surface area (Å²) in [7, 11) is 0. The van der Waals surface area contributed by atoms with E-state index in [1.807, 2.05) is 24.3 Å². The largest absolute Gasteiger partial charge is 0.325 e. The second-order valence-electron chi connectivity index (χ2n) is 3.83. The highest BCUT2D eigenvalue weighted by Crippen LogP contribution is 2.15. The standard InChI is InChI=1S/C13H10ClN3/c14-12-7-6-11-13(16-12)15-9-17(11)8-10-4-2-1-3-5-10/h1-7,9H,8H2. The molecule has 0 N–H and O–H groups in total. The topological polar surface area (TPSA) is 30.7 Å². The van der Waals surface area contributed by atoms with Crippen molar-refractivity contribution in [3.8, 4) is 0 Å². The van der Waals surface area contributed by atoms with Crippen molar-refractivity contribution in [1.29, 1.82) is 0 Å². The molecule has 0 fully saturated rings. The Morgan fingerprint density at radius 3 is 2.71 bits per heavy atom. The molecular weight excluding hydrogens is 234 g/mol. The van der Waals surface area contributed by atoms with E-state index >= 15 is 0 Å². The molecule has 3 aromatic rings. The molecule has 0 aliphatic carbocycles. The van der Waals surface area contributed by atoms with Gasteiger partial charge >= 0.3 is 0 Å². The van der Waals surface area contributed by atoms with Crippen LogP contribution in [0.3, 0.4) is 0 Å². The van der Waals surface area contributed by atoms with E-state index in [1.54, 1.807) is 12.4 Å². The third kappa shape index (κ3) is 2.01. The maximum Gasteiger partial charge on any atom is 0.179 e. The first-order valence-corrected chi connectivity index (χ1v) is 5.72. The van der Waals surface area contributed by atoms with Gasteiger partial charge in [0.2, 0.25) is 0 Å². The van der Waals surface area contributed by atoms with E-state index in [0.717, 1.165) is 12.1 Å². The number of fused-ring (bicyclic) bond motifs is 1. The first-order valence-electron chi connectivity index (χ1n) is 5.34. The molecule has 3 rings (SSSR count). The van der Waals surface area contributed by atoms with Gasteiger partial charge in [0.15, 0.2) is 5.65 Å². The normalized spacial score (nSPS) is 10.9. The van der Waals surface area contributed by atoms with E-state index in [9.17, 15) is 0 Å². The van der Waals surface area contributed by atoms with E-state index in [0.29, 0.717) is 10.8 Å². The molecule has 0 radical (unpaired) electrons. The molecule has 0 atom stereocenters. The summed E-state index contributed by atoms with van der Waals surface area (Å²) >= 11 is 5.83. The molecular formula is C13H10ClN3. The minimum absolute atomic E-state index is 0.475. The van der Waals surface area contributed by atoms with Gasteiger partial charge in [-0.2, -0.15) is 0 Å². The van der Waals surface area contributed by atoms with Gasteiger partial charge < -0.3 is 4.57 Å². The van der Waals surface area contributed by atoms with E-state index in [2.05, 4.69) is 26.7 Å². The molecule has 0 saturated carbocycles. The smallest absolute Gasteiger partial charge is 0.179 e. The lowest BCUT2D eigenvalue weighted by Crippen LogP contribution is -1.97. The quantitative estimate of drug-likeness (QED) is 0.648. The Labute approximate surface area is 104 Å². The molecule has 0 aliphatic heterocycles. The first kappa shape index (κ1) is 10.3. The van der Waals surface area contributed by atoms with Crippen LogP contribution >= 0.6 is 11.6 Å². The molecule has 2 aromatic heterocycles. The van der Waals surface area contributed by atoms with E-state index in [1.165, 1.54) is 5.56 Å². The molecule has 17 heavy (non-hydrogen) atoms.